The fourth-order valence-electron chi connectivity index (χ4n) is 2.19. The number of rotatable bonds is 7. The van der Waals surface area contributed by atoms with Crippen LogP contribution in [0.5, 0.6) is 0 Å². The highest BCUT2D eigenvalue weighted by Crippen LogP contribution is 2.21. The van der Waals surface area contributed by atoms with E-state index in [1.165, 1.54) is 5.56 Å². The monoisotopic (exact) mass is 495 g/mol. The van der Waals surface area contributed by atoms with Crippen LogP contribution < -0.4 is 10.6 Å². The van der Waals surface area contributed by atoms with E-state index in [0.29, 0.717) is 16.6 Å². The third-order valence-electron chi connectivity index (χ3n) is 3.39. The van der Waals surface area contributed by atoms with Gasteiger partial charge in [0.05, 0.1) is 12.7 Å². The number of aromatic nitrogens is 2. The van der Waals surface area contributed by atoms with E-state index in [2.05, 4.69) is 20.7 Å². The van der Waals surface area contributed by atoms with Gasteiger partial charge in [-0.25, -0.2) is 4.99 Å². The van der Waals surface area contributed by atoms with Crippen LogP contribution in [-0.4, -0.2) is 28.8 Å². The smallest absolute Gasteiger partial charge is 0.191 e. The van der Waals surface area contributed by atoms with Gasteiger partial charge in [-0.15, -0.1) is 24.0 Å². The predicted molar refractivity (Wildman–Crippen MR) is 116 cm³/mol. The first-order valence-electron chi connectivity index (χ1n) is 8.03. The van der Waals surface area contributed by atoms with Crippen LogP contribution in [0.3, 0.4) is 0 Å². The Morgan fingerprint density at radius 1 is 1.28 bits per heavy atom. The number of nitrogens with zero attached hydrogens (tertiary/aromatic N) is 3. The van der Waals surface area contributed by atoms with E-state index in [1.807, 2.05) is 43.1 Å². The quantitative estimate of drug-likeness (QED) is 0.261. The lowest BCUT2D eigenvalue weighted by molar-refractivity contribution is 0.570. The number of hydrogen-bond acceptors (Lipinski definition) is 2. The molecular weight excluding hydrogens is 472 g/mol. The van der Waals surface area contributed by atoms with E-state index >= 15 is 0 Å². The van der Waals surface area contributed by atoms with E-state index in [9.17, 15) is 0 Å². The van der Waals surface area contributed by atoms with Crippen molar-refractivity contribution < 1.29 is 0 Å². The van der Waals surface area contributed by atoms with Crippen molar-refractivity contribution in [1.29, 1.82) is 0 Å². The molecule has 0 amide bonds. The molecule has 0 spiro atoms. The molecule has 0 fully saturated rings. The molecule has 0 unspecified atom stereocenters. The maximum Gasteiger partial charge on any atom is 0.191 e. The highest BCUT2D eigenvalue weighted by molar-refractivity contribution is 14.0. The molecule has 2 N–H and O–H groups in total. The van der Waals surface area contributed by atoms with Crippen LogP contribution in [0, 0.1) is 6.92 Å². The van der Waals surface area contributed by atoms with Gasteiger partial charge in [0.2, 0.25) is 0 Å². The number of hydrogen-bond donors (Lipinski definition) is 2. The lowest BCUT2D eigenvalue weighted by Gasteiger charge is -2.11. The van der Waals surface area contributed by atoms with Crippen molar-refractivity contribution in [3.63, 3.8) is 0 Å². The Bertz CT molecular complexity index is 687. The Labute approximate surface area is 176 Å². The molecule has 1 heterocycles. The number of aryl methyl sites for hydroxylation is 2. The van der Waals surface area contributed by atoms with Gasteiger partial charge in [-0.05, 0) is 43.5 Å². The van der Waals surface area contributed by atoms with Crippen LogP contribution in [0.15, 0.2) is 35.6 Å². The standard InChI is InChI=1S/C17H23Cl2N5.HI/c1-3-20-17(21-7-4-8-24-12-13(2)10-23-24)22-11-14-5-6-15(18)9-16(14)19;/h5-6,9-10,12H,3-4,7-8,11H2,1-2H3,(H2,20,21,22);1H. The molecule has 138 valence electrons. The summed E-state index contributed by atoms with van der Waals surface area (Å²) in [7, 11) is 0. The van der Waals surface area contributed by atoms with Crippen molar-refractivity contribution in [3.05, 3.63) is 51.8 Å². The third kappa shape index (κ3) is 7.83. The average molecular weight is 496 g/mol. The zero-order valence-electron chi connectivity index (χ0n) is 14.4. The van der Waals surface area contributed by atoms with Crippen LogP contribution >= 0.6 is 47.2 Å². The molecule has 25 heavy (non-hydrogen) atoms. The van der Waals surface area contributed by atoms with E-state index in [4.69, 9.17) is 23.2 Å². The van der Waals surface area contributed by atoms with Crippen LogP contribution in [0.4, 0.5) is 0 Å². The molecule has 1 aromatic heterocycles. The largest absolute Gasteiger partial charge is 0.357 e. The molecule has 0 saturated carbocycles. The Balaban J connectivity index is 0.00000312. The normalized spacial score (nSPS) is 11.1. The third-order valence-corrected chi connectivity index (χ3v) is 3.97. The van der Waals surface area contributed by atoms with E-state index < -0.39 is 0 Å². The average Bonchev–Trinajstić information content (AvgIpc) is 2.96. The number of aliphatic imine (C=N–C) groups is 1. The SMILES string of the molecule is CCNC(=NCc1ccc(Cl)cc1Cl)NCCCn1cc(C)cn1.I. The lowest BCUT2D eigenvalue weighted by atomic mass is 10.2. The van der Waals surface area contributed by atoms with Crippen molar-refractivity contribution in [1.82, 2.24) is 20.4 Å². The zero-order chi connectivity index (χ0) is 17.4. The fourth-order valence-corrected chi connectivity index (χ4v) is 2.66. The van der Waals surface area contributed by atoms with Gasteiger partial charge in [0.1, 0.15) is 0 Å². The Morgan fingerprint density at radius 2 is 2.08 bits per heavy atom. The summed E-state index contributed by atoms with van der Waals surface area (Å²) in [4.78, 5) is 4.57. The summed E-state index contributed by atoms with van der Waals surface area (Å²) >= 11 is 12.1. The Kier molecular flexibility index (Phi) is 10.2. The zero-order valence-corrected chi connectivity index (χ0v) is 18.3. The minimum atomic E-state index is 0. The first kappa shape index (κ1) is 22.1. The predicted octanol–water partition coefficient (Wildman–Crippen LogP) is 4.26. The van der Waals surface area contributed by atoms with Gasteiger partial charge in [0.15, 0.2) is 5.96 Å². The highest BCUT2D eigenvalue weighted by Gasteiger charge is 2.02. The molecular formula is C17H24Cl2IN5. The highest BCUT2D eigenvalue weighted by atomic mass is 127. The summed E-state index contributed by atoms with van der Waals surface area (Å²) in [5, 5.41) is 12.1. The van der Waals surface area contributed by atoms with Crippen molar-refractivity contribution in [2.75, 3.05) is 13.1 Å². The summed E-state index contributed by atoms with van der Waals surface area (Å²) in [5.41, 5.74) is 2.13. The summed E-state index contributed by atoms with van der Waals surface area (Å²) in [6.07, 6.45) is 4.88. The van der Waals surface area contributed by atoms with Gasteiger partial charge < -0.3 is 10.6 Å². The summed E-state index contributed by atoms with van der Waals surface area (Å²) in [5.74, 6) is 0.778. The van der Waals surface area contributed by atoms with Crippen LogP contribution in [-0.2, 0) is 13.1 Å². The topological polar surface area (TPSA) is 54.2 Å². The van der Waals surface area contributed by atoms with E-state index in [-0.39, 0.29) is 24.0 Å². The van der Waals surface area contributed by atoms with Crippen LogP contribution in [0.2, 0.25) is 10.0 Å². The van der Waals surface area contributed by atoms with Gasteiger partial charge in [0.25, 0.3) is 0 Å². The Morgan fingerprint density at radius 3 is 2.72 bits per heavy atom. The summed E-state index contributed by atoms with van der Waals surface area (Å²) in [6.45, 7) is 7.09. The van der Waals surface area contributed by atoms with Gasteiger partial charge >= 0.3 is 0 Å². The number of halogens is 3. The maximum atomic E-state index is 6.18. The van der Waals surface area contributed by atoms with Crippen molar-refractivity contribution >= 4 is 53.1 Å². The molecule has 2 rings (SSSR count). The lowest BCUT2D eigenvalue weighted by Crippen LogP contribution is -2.38. The summed E-state index contributed by atoms with van der Waals surface area (Å²) in [6, 6.07) is 5.46. The maximum absolute atomic E-state index is 6.18. The number of nitrogens with one attached hydrogen (secondary N) is 2. The molecule has 1 aromatic carbocycles. The van der Waals surface area contributed by atoms with Gasteiger partial charge in [0, 0.05) is 35.9 Å². The van der Waals surface area contributed by atoms with Gasteiger partial charge in [-0.2, -0.15) is 5.10 Å². The molecule has 0 radical (unpaired) electrons. The second-order valence-corrected chi connectivity index (χ2v) is 6.34. The molecule has 0 saturated heterocycles. The molecule has 0 bridgehead atoms. The van der Waals surface area contributed by atoms with Crippen LogP contribution in [0.25, 0.3) is 0 Å². The molecule has 0 aliphatic heterocycles. The Hall–Kier alpha value is -0.990. The van der Waals surface area contributed by atoms with Crippen LogP contribution in [0.1, 0.15) is 24.5 Å². The first-order chi connectivity index (χ1) is 11.6. The van der Waals surface area contributed by atoms with Crippen molar-refractivity contribution in [3.8, 4) is 0 Å². The second-order valence-electron chi connectivity index (χ2n) is 5.49. The second kappa shape index (κ2) is 11.6. The molecule has 5 nitrogen and oxygen atoms in total. The minimum absolute atomic E-state index is 0. The van der Waals surface area contributed by atoms with Gasteiger partial charge in [-0.1, -0.05) is 29.3 Å². The summed E-state index contributed by atoms with van der Waals surface area (Å²) < 4.78 is 1.95. The minimum Gasteiger partial charge on any atom is -0.357 e. The molecule has 8 heteroatoms. The van der Waals surface area contributed by atoms with E-state index in [0.717, 1.165) is 37.6 Å². The molecule has 0 aliphatic rings. The van der Waals surface area contributed by atoms with Crippen molar-refractivity contribution in [2.45, 2.75) is 33.4 Å². The fraction of sp³-hybridized carbons (Fsp3) is 0.412. The van der Waals surface area contributed by atoms with E-state index in [1.54, 1.807) is 6.07 Å². The number of benzene rings is 1. The van der Waals surface area contributed by atoms with Crippen molar-refractivity contribution in [2.24, 2.45) is 4.99 Å². The van der Waals surface area contributed by atoms with Gasteiger partial charge in [-0.3, -0.25) is 4.68 Å². The molecule has 2 aromatic rings. The number of guanidine groups is 1. The molecule has 0 atom stereocenters. The molecule has 0 aliphatic carbocycles. The first-order valence-corrected chi connectivity index (χ1v) is 8.79.